The zero-order valence-electron chi connectivity index (χ0n) is 13.5. The van der Waals surface area contributed by atoms with E-state index in [1.807, 2.05) is 43.0 Å². The molecular weight excluding hydrogens is 288 g/mol. The van der Waals surface area contributed by atoms with Crippen molar-refractivity contribution in [1.29, 1.82) is 0 Å². The van der Waals surface area contributed by atoms with Crippen molar-refractivity contribution in [3.8, 4) is 0 Å². The van der Waals surface area contributed by atoms with Gasteiger partial charge in [-0.15, -0.1) is 11.8 Å². The van der Waals surface area contributed by atoms with Crippen molar-refractivity contribution in [2.24, 2.45) is 0 Å². The van der Waals surface area contributed by atoms with Gasteiger partial charge in [0.25, 0.3) is 0 Å². The van der Waals surface area contributed by atoms with Gasteiger partial charge in [-0.1, -0.05) is 29.8 Å². The Kier molecular flexibility index (Phi) is 4.16. The zero-order chi connectivity index (χ0) is 15.7. The van der Waals surface area contributed by atoms with Crippen LogP contribution >= 0.6 is 11.8 Å². The molecule has 1 heterocycles. The second-order valence-electron chi connectivity index (χ2n) is 5.76. The minimum atomic E-state index is 0.856. The van der Waals surface area contributed by atoms with Crippen LogP contribution < -0.4 is 0 Å². The standard InChI is InChI=1S/C19H20N2S/c1-12-9-13(2)19(14(3)10-12)22-11-18-15(4)20-16-7-5-6-8-17(16)21-18/h5-10H,11H2,1-4H3. The molecule has 0 N–H and O–H groups in total. The number of thioether (sulfide) groups is 1. The lowest BCUT2D eigenvalue weighted by Crippen LogP contribution is -1.97. The van der Waals surface area contributed by atoms with Gasteiger partial charge in [-0.05, 0) is 51.0 Å². The van der Waals surface area contributed by atoms with Crippen LogP contribution in [0.5, 0.6) is 0 Å². The van der Waals surface area contributed by atoms with Crippen LogP contribution in [0.1, 0.15) is 28.1 Å². The Morgan fingerprint density at radius 3 is 2.09 bits per heavy atom. The fraction of sp³-hybridized carbons (Fsp3) is 0.263. The molecule has 3 heteroatoms. The van der Waals surface area contributed by atoms with Gasteiger partial charge in [0.05, 0.1) is 22.4 Å². The van der Waals surface area contributed by atoms with Gasteiger partial charge in [0, 0.05) is 10.6 Å². The third kappa shape index (κ3) is 3.00. The summed E-state index contributed by atoms with van der Waals surface area (Å²) in [6.45, 7) is 8.56. The maximum atomic E-state index is 4.78. The van der Waals surface area contributed by atoms with Crippen molar-refractivity contribution in [3.05, 3.63) is 64.5 Å². The molecule has 0 radical (unpaired) electrons. The summed E-state index contributed by atoms with van der Waals surface area (Å²) < 4.78 is 0. The SMILES string of the molecule is Cc1cc(C)c(SCc2nc3ccccc3nc2C)c(C)c1. The molecule has 0 unspecified atom stereocenters. The molecule has 0 spiro atoms. The molecule has 22 heavy (non-hydrogen) atoms. The third-order valence-corrected chi connectivity index (χ3v) is 5.15. The van der Waals surface area contributed by atoms with Gasteiger partial charge >= 0.3 is 0 Å². The van der Waals surface area contributed by atoms with Crippen LogP contribution in [0, 0.1) is 27.7 Å². The summed E-state index contributed by atoms with van der Waals surface area (Å²) >= 11 is 1.86. The van der Waals surface area contributed by atoms with Crippen LogP contribution in [0.4, 0.5) is 0 Å². The molecule has 0 amide bonds. The van der Waals surface area contributed by atoms with Crippen molar-refractivity contribution in [2.75, 3.05) is 0 Å². The number of hydrogen-bond acceptors (Lipinski definition) is 3. The summed E-state index contributed by atoms with van der Waals surface area (Å²) in [6.07, 6.45) is 0. The second-order valence-corrected chi connectivity index (χ2v) is 6.75. The van der Waals surface area contributed by atoms with Gasteiger partial charge in [0.1, 0.15) is 0 Å². The highest BCUT2D eigenvalue weighted by Crippen LogP contribution is 2.30. The lowest BCUT2D eigenvalue weighted by Gasteiger charge is -2.12. The van der Waals surface area contributed by atoms with Crippen molar-refractivity contribution < 1.29 is 0 Å². The molecule has 3 aromatic rings. The summed E-state index contributed by atoms with van der Waals surface area (Å²) in [5.41, 5.74) is 8.04. The summed E-state index contributed by atoms with van der Waals surface area (Å²) in [6, 6.07) is 12.5. The highest BCUT2D eigenvalue weighted by atomic mass is 32.2. The van der Waals surface area contributed by atoms with E-state index in [0.29, 0.717) is 0 Å². The monoisotopic (exact) mass is 308 g/mol. The average molecular weight is 308 g/mol. The Bertz CT molecular complexity index is 817. The van der Waals surface area contributed by atoms with Crippen molar-refractivity contribution in [3.63, 3.8) is 0 Å². The summed E-state index contributed by atoms with van der Waals surface area (Å²) in [5, 5.41) is 0. The maximum Gasteiger partial charge on any atom is 0.0890 e. The highest BCUT2D eigenvalue weighted by Gasteiger charge is 2.09. The number of para-hydroxylation sites is 2. The molecule has 0 bridgehead atoms. The average Bonchev–Trinajstić information content (AvgIpc) is 2.46. The molecule has 0 fully saturated rings. The van der Waals surface area contributed by atoms with Crippen LogP contribution in [0.2, 0.25) is 0 Å². The van der Waals surface area contributed by atoms with Crippen LogP contribution in [-0.2, 0) is 5.75 Å². The highest BCUT2D eigenvalue weighted by molar-refractivity contribution is 7.98. The lowest BCUT2D eigenvalue weighted by molar-refractivity contribution is 1.08. The molecule has 0 aliphatic heterocycles. The number of benzene rings is 2. The predicted octanol–water partition coefficient (Wildman–Crippen LogP) is 5.16. The molecule has 0 saturated carbocycles. The van der Waals surface area contributed by atoms with Gasteiger partial charge in [-0.2, -0.15) is 0 Å². The minimum absolute atomic E-state index is 0.856. The first-order chi connectivity index (χ1) is 10.5. The van der Waals surface area contributed by atoms with E-state index < -0.39 is 0 Å². The quantitative estimate of drug-likeness (QED) is 0.625. The molecule has 0 aliphatic rings. The first-order valence-corrected chi connectivity index (χ1v) is 8.46. The molecule has 1 aromatic heterocycles. The predicted molar refractivity (Wildman–Crippen MR) is 94.5 cm³/mol. The molecule has 0 aliphatic carbocycles. The smallest absolute Gasteiger partial charge is 0.0890 e. The van der Waals surface area contributed by atoms with Gasteiger partial charge < -0.3 is 0 Å². The number of hydrogen-bond donors (Lipinski definition) is 0. The van der Waals surface area contributed by atoms with Crippen LogP contribution in [-0.4, -0.2) is 9.97 Å². The normalized spacial score (nSPS) is 11.1. The minimum Gasteiger partial charge on any atom is -0.250 e. The van der Waals surface area contributed by atoms with Crippen LogP contribution in [0.15, 0.2) is 41.3 Å². The Morgan fingerprint density at radius 2 is 1.45 bits per heavy atom. The topological polar surface area (TPSA) is 25.8 Å². The van der Waals surface area contributed by atoms with Crippen LogP contribution in [0.3, 0.4) is 0 Å². The van der Waals surface area contributed by atoms with Gasteiger partial charge in [0.2, 0.25) is 0 Å². The van der Waals surface area contributed by atoms with Crippen LogP contribution in [0.25, 0.3) is 11.0 Å². The Morgan fingerprint density at radius 1 is 0.864 bits per heavy atom. The molecule has 0 atom stereocenters. The van der Waals surface area contributed by atoms with E-state index in [4.69, 9.17) is 4.98 Å². The second kappa shape index (κ2) is 6.09. The Balaban J connectivity index is 1.90. The van der Waals surface area contributed by atoms with E-state index in [9.17, 15) is 0 Å². The van der Waals surface area contributed by atoms with Gasteiger partial charge in [-0.3, -0.25) is 0 Å². The van der Waals surface area contributed by atoms with E-state index in [2.05, 4.69) is 37.9 Å². The maximum absolute atomic E-state index is 4.78. The van der Waals surface area contributed by atoms with Gasteiger partial charge in [0.15, 0.2) is 0 Å². The molecule has 3 rings (SSSR count). The summed E-state index contributed by atoms with van der Waals surface area (Å²) in [7, 11) is 0. The zero-order valence-corrected chi connectivity index (χ0v) is 14.3. The number of fused-ring (bicyclic) bond motifs is 1. The fourth-order valence-corrected chi connectivity index (χ4v) is 3.92. The van der Waals surface area contributed by atoms with Crippen molar-refractivity contribution in [2.45, 2.75) is 38.3 Å². The Hall–Kier alpha value is -1.87. The van der Waals surface area contributed by atoms with E-state index >= 15 is 0 Å². The van der Waals surface area contributed by atoms with Crippen molar-refractivity contribution in [1.82, 2.24) is 9.97 Å². The van der Waals surface area contributed by atoms with E-state index in [1.165, 1.54) is 21.6 Å². The van der Waals surface area contributed by atoms with Gasteiger partial charge in [-0.25, -0.2) is 9.97 Å². The van der Waals surface area contributed by atoms with E-state index in [-0.39, 0.29) is 0 Å². The first kappa shape index (κ1) is 15.0. The van der Waals surface area contributed by atoms with E-state index in [0.717, 1.165) is 28.2 Å². The largest absolute Gasteiger partial charge is 0.250 e. The molecule has 2 aromatic carbocycles. The summed E-state index contributed by atoms with van der Waals surface area (Å²) in [4.78, 5) is 10.8. The Labute approximate surface area is 136 Å². The third-order valence-electron chi connectivity index (χ3n) is 3.80. The lowest BCUT2D eigenvalue weighted by atomic mass is 10.1. The van der Waals surface area contributed by atoms with E-state index in [1.54, 1.807) is 0 Å². The fourth-order valence-electron chi connectivity index (χ4n) is 2.80. The van der Waals surface area contributed by atoms with Crippen molar-refractivity contribution >= 4 is 22.8 Å². The molecule has 0 saturated heterocycles. The number of aryl methyl sites for hydroxylation is 4. The molecular formula is C19H20N2S. The number of nitrogens with zero attached hydrogens (tertiary/aromatic N) is 2. The molecule has 112 valence electrons. The number of aromatic nitrogens is 2. The molecule has 2 nitrogen and oxygen atoms in total. The first-order valence-electron chi connectivity index (χ1n) is 7.47. The summed E-state index contributed by atoms with van der Waals surface area (Å²) in [5.74, 6) is 0.856. The number of rotatable bonds is 3.